The Morgan fingerprint density at radius 3 is 2.37 bits per heavy atom. The quantitative estimate of drug-likeness (QED) is 0.472. The standard InChI is InChI=1S/C32H38N2O/c1-3-24-14-15-26-16-18-32(22-33,29(26)20-24)23(2)31(35)34-19-17-28(25-10-6-4-7-11-25)21-30(34)27-12-8-5-9-13-27/h4-15,20,23,28,30H,3,16-19,21-22,33H2,1-2H3. The minimum Gasteiger partial charge on any atom is -0.335 e. The van der Waals surface area contributed by atoms with Gasteiger partial charge < -0.3 is 10.6 Å². The van der Waals surface area contributed by atoms with E-state index in [9.17, 15) is 4.79 Å². The van der Waals surface area contributed by atoms with E-state index in [0.29, 0.717) is 12.5 Å². The van der Waals surface area contributed by atoms with Crippen LogP contribution in [0.25, 0.3) is 0 Å². The van der Waals surface area contributed by atoms with Crippen molar-refractivity contribution in [2.24, 2.45) is 11.7 Å². The molecule has 2 aliphatic rings. The smallest absolute Gasteiger partial charge is 0.226 e. The van der Waals surface area contributed by atoms with Gasteiger partial charge in [0.05, 0.1) is 6.04 Å². The van der Waals surface area contributed by atoms with E-state index in [2.05, 4.69) is 97.6 Å². The summed E-state index contributed by atoms with van der Waals surface area (Å²) in [6.45, 7) is 5.62. The summed E-state index contributed by atoms with van der Waals surface area (Å²) in [6, 6.07) is 28.3. The lowest BCUT2D eigenvalue weighted by Crippen LogP contribution is -2.50. The minimum atomic E-state index is -0.283. The summed E-state index contributed by atoms with van der Waals surface area (Å²) in [4.78, 5) is 16.5. The SMILES string of the molecule is CCc1ccc2c(c1)C(CN)(C(C)C(=O)N1CCC(c3ccccc3)CC1c1ccccc1)CC2. The number of amides is 1. The number of carbonyl (C=O) groups excluding carboxylic acids is 1. The number of benzene rings is 3. The van der Waals surface area contributed by atoms with E-state index >= 15 is 0 Å². The Kier molecular flexibility index (Phi) is 6.80. The Morgan fingerprint density at radius 2 is 1.71 bits per heavy atom. The summed E-state index contributed by atoms with van der Waals surface area (Å²) in [5.74, 6) is 0.564. The Balaban J connectivity index is 1.47. The Hall–Kier alpha value is -2.91. The third-order valence-electron chi connectivity index (χ3n) is 8.86. The topological polar surface area (TPSA) is 46.3 Å². The first-order chi connectivity index (χ1) is 17.1. The molecule has 2 N–H and O–H groups in total. The number of nitrogens with zero attached hydrogens (tertiary/aromatic N) is 1. The van der Waals surface area contributed by atoms with Crippen molar-refractivity contribution < 1.29 is 4.79 Å². The Bertz CT molecular complexity index is 1160. The van der Waals surface area contributed by atoms with Gasteiger partial charge in [-0.1, -0.05) is 92.7 Å². The molecule has 3 aromatic carbocycles. The third-order valence-corrected chi connectivity index (χ3v) is 8.86. The number of hydrogen-bond donors (Lipinski definition) is 1. The van der Waals surface area contributed by atoms with Gasteiger partial charge in [0.2, 0.25) is 5.91 Å². The van der Waals surface area contributed by atoms with Gasteiger partial charge in [-0.05, 0) is 65.8 Å². The van der Waals surface area contributed by atoms with Crippen molar-refractivity contribution in [1.29, 1.82) is 0 Å². The fraction of sp³-hybridized carbons (Fsp3) is 0.406. The van der Waals surface area contributed by atoms with Gasteiger partial charge in [0.25, 0.3) is 0 Å². The molecule has 4 atom stereocenters. The first kappa shape index (κ1) is 23.8. The number of hydrogen-bond acceptors (Lipinski definition) is 2. The molecular formula is C32H38N2O. The molecule has 1 aliphatic heterocycles. The van der Waals surface area contributed by atoms with Gasteiger partial charge in [0, 0.05) is 24.4 Å². The van der Waals surface area contributed by atoms with E-state index in [-0.39, 0.29) is 23.3 Å². The van der Waals surface area contributed by atoms with Crippen molar-refractivity contribution in [1.82, 2.24) is 4.90 Å². The van der Waals surface area contributed by atoms with Crippen LogP contribution in [0.5, 0.6) is 0 Å². The van der Waals surface area contributed by atoms with E-state index in [1.807, 2.05) is 0 Å². The fourth-order valence-corrected chi connectivity index (χ4v) is 6.59. The first-order valence-corrected chi connectivity index (χ1v) is 13.3. The fourth-order valence-electron chi connectivity index (χ4n) is 6.59. The Morgan fingerprint density at radius 1 is 1.03 bits per heavy atom. The zero-order chi connectivity index (χ0) is 24.4. The molecule has 0 saturated carbocycles. The van der Waals surface area contributed by atoms with Crippen LogP contribution in [0, 0.1) is 5.92 Å². The summed E-state index contributed by atoms with van der Waals surface area (Å²) in [5, 5.41) is 0. The average Bonchev–Trinajstić information content (AvgIpc) is 3.31. The van der Waals surface area contributed by atoms with Gasteiger partial charge in [-0.2, -0.15) is 0 Å². The van der Waals surface area contributed by atoms with E-state index < -0.39 is 0 Å². The van der Waals surface area contributed by atoms with Gasteiger partial charge in [0.1, 0.15) is 0 Å². The van der Waals surface area contributed by atoms with Crippen LogP contribution in [0.3, 0.4) is 0 Å². The number of fused-ring (bicyclic) bond motifs is 1. The molecular weight excluding hydrogens is 428 g/mol. The molecule has 1 amide bonds. The van der Waals surface area contributed by atoms with Crippen molar-refractivity contribution in [3.63, 3.8) is 0 Å². The van der Waals surface area contributed by atoms with Crippen LogP contribution in [0.15, 0.2) is 78.9 Å². The molecule has 1 heterocycles. The second kappa shape index (κ2) is 9.99. The summed E-state index contributed by atoms with van der Waals surface area (Å²) >= 11 is 0. The molecule has 1 saturated heterocycles. The summed E-state index contributed by atoms with van der Waals surface area (Å²) in [5.41, 5.74) is 12.9. The monoisotopic (exact) mass is 466 g/mol. The van der Waals surface area contributed by atoms with Gasteiger partial charge in [0.15, 0.2) is 0 Å². The normalized spacial score (nSPS) is 24.7. The molecule has 1 fully saturated rings. The summed E-state index contributed by atoms with van der Waals surface area (Å²) in [6.07, 6.45) is 4.91. The molecule has 0 radical (unpaired) electrons. The average molecular weight is 467 g/mol. The van der Waals surface area contributed by atoms with Crippen molar-refractivity contribution in [2.75, 3.05) is 13.1 Å². The maximum absolute atomic E-state index is 14.3. The van der Waals surface area contributed by atoms with Gasteiger partial charge in [-0.3, -0.25) is 4.79 Å². The van der Waals surface area contributed by atoms with Crippen LogP contribution in [0.2, 0.25) is 0 Å². The predicted molar refractivity (Wildman–Crippen MR) is 143 cm³/mol. The van der Waals surface area contributed by atoms with E-state index in [1.165, 1.54) is 27.8 Å². The van der Waals surface area contributed by atoms with Crippen LogP contribution in [0.1, 0.15) is 72.9 Å². The Labute approximate surface area is 210 Å². The van der Waals surface area contributed by atoms with Crippen molar-refractivity contribution >= 4 is 5.91 Å². The lowest BCUT2D eigenvalue weighted by molar-refractivity contribution is -0.141. The zero-order valence-electron chi connectivity index (χ0n) is 21.1. The number of nitrogens with two attached hydrogens (primary N) is 1. The highest BCUT2D eigenvalue weighted by atomic mass is 16.2. The molecule has 3 aromatic rings. The number of rotatable bonds is 6. The summed E-state index contributed by atoms with van der Waals surface area (Å²) < 4.78 is 0. The molecule has 0 spiro atoms. The second-order valence-electron chi connectivity index (χ2n) is 10.5. The number of aryl methyl sites for hydroxylation is 2. The van der Waals surface area contributed by atoms with Crippen LogP contribution in [0.4, 0.5) is 0 Å². The number of likely N-dealkylation sites (tertiary alicyclic amines) is 1. The lowest BCUT2D eigenvalue weighted by Gasteiger charge is -2.44. The van der Waals surface area contributed by atoms with E-state index in [4.69, 9.17) is 5.73 Å². The molecule has 0 aromatic heterocycles. The zero-order valence-corrected chi connectivity index (χ0v) is 21.1. The van der Waals surface area contributed by atoms with Crippen LogP contribution < -0.4 is 5.73 Å². The van der Waals surface area contributed by atoms with Crippen molar-refractivity contribution in [3.05, 3.63) is 107 Å². The van der Waals surface area contributed by atoms with E-state index in [1.54, 1.807) is 0 Å². The minimum absolute atomic E-state index is 0.0859. The highest BCUT2D eigenvalue weighted by Gasteiger charge is 2.47. The first-order valence-electron chi connectivity index (χ1n) is 13.3. The molecule has 182 valence electrons. The number of carbonyl (C=O) groups is 1. The maximum Gasteiger partial charge on any atom is 0.226 e. The summed E-state index contributed by atoms with van der Waals surface area (Å²) in [7, 11) is 0. The molecule has 3 heteroatoms. The molecule has 0 bridgehead atoms. The molecule has 4 unspecified atom stereocenters. The van der Waals surface area contributed by atoms with Gasteiger partial charge >= 0.3 is 0 Å². The lowest BCUT2D eigenvalue weighted by atomic mass is 9.70. The van der Waals surface area contributed by atoms with Crippen LogP contribution in [-0.4, -0.2) is 23.9 Å². The van der Waals surface area contributed by atoms with Crippen LogP contribution >= 0.6 is 0 Å². The maximum atomic E-state index is 14.3. The van der Waals surface area contributed by atoms with Gasteiger partial charge in [-0.15, -0.1) is 0 Å². The van der Waals surface area contributed by atoms with Gasteiger partial charge in [-0.25, -0.2) is 0 Å². The molecule has 5 rings (SSSR count). The third kappa shape index (κ3) is 4.31. The molecule has 3 nitrogen and oxygen atoms in total. The predicted octanol–water partition coefficient (Wildman–Crippen LogP) is 6.18. The van der Waals surface area contributed by atoms with Crippen molar-refractivity contribution in [2.45, 2.75) is 63.3 Å². The van der Waals surface area contributed by atoms with E-state index in [0.717, 1.165) is 38.6 Å². The number of piperidine rings is 1. The second-order valence-corrected chi connectivity index (χ2v) is 10.5. The largest absolute Gasteiger partial charge is 0.335 e. The van der Waals surface area contributed by atoms with Crippen LogP contribution in [-0.2, 0) is 23.1 Å². The molecule has 35 heavy (non-hydrogen) atoms. The highest BCUT2D eigenvalue weighted by Crippen LogP contribution is 2.47. The highest BCUT2D eigenvalue weighted by molar-refractivity contribution is 5.81. The molecule has 1 aliphatic carbocycles. The van der Waals surface area contributed by atoms with Crippen molar-refractivity contribution in [3.8, 4) is 0 Å².